The summed E-state index contributed by atoms with van der Waals surface area (Å²) in [4.78, 5) is 0. The van der Waals surface area contributed by atoms with Gasteiger partial charge in [0, 0.05) is 0 Å². The summed E-state index contributed by atoms with van der Waals surface area (Å²) in [6, 6.07) is 4.90. The van der Waals surface area contributed by atoms with Crippen molar-refractivity contribution in [3.63, 3.8) is 0 Å². The Morgan fingerprint density at radius 1 is 1.46 bits per heavy atom. The lowest BCUT2D eigenvalue weighted by Gasteiger charge is -2.42. The van der Waals surface area contributed by atoms with E-state index in [0.717, 1.165) is 11.3 Å². The normalized spacial score (nSPS) is 45.2. The Labute approximate surface area is 82.4 Å². The van der Waals surface area contributed by atoms with E-state index in [4.69, 9.17) is 0 Å². The zero-order valence-electron chi connectivity index (χ0n) is 8.68. The lowest BCUT2D eigenvalue weighted by Crippen LogP contribution is -2.41. The predicted octanol–water partition coefficient (Wildman–Crippen LogP) is 3.83. The van der Waals surface area contributed by atoms with Crippen molar-refractivity contribution in [2.24, 2.45) is 11.3 Å². The number of hydrogen-bond acceptors (Lipinski definition) is 0. The molecule has 1 aliphatic heterocycles. The second kappa shape index (κ2) is 2.50. The van der Waals surface area contributed by atoms with E-state index in [9.17, 15) is 0 Å². The molecule has 2 aliphatic carbocycles. The Morgan fingerprint density at radius 2 is 2.31 bits per heavy atom. The summed E-state index contributed by atoms with van der Waals surface area (Å²) in [5, 5.41) is 0. The average Bonchev–Trinajstić information content (AvgIpc) is 2.60. The molecule has 72 valence electrons. The molecule has 1 saturated heterocycles. The van der Waals surface area contributed by atoms with Crippen LogP contribution < -0.4 is 0 Å². The SMILES string of the molecule is C[Si]1(CC23C=CC(CC2)C3)CCC1. The van der Waals surface area contributed by atoms with Crippen LogP contribution in [0.2, 0.25) is 24.7 Å². The summed E-state index contributed by atoms with van der Waals surface area (Å²) in [5.41, 5.74) is 0.728. The molecule has 0 aromatic carbocycles. The Bertz CT molecular complexity index is 252. The molecule has 0 amide bonds. The van der Waals surface area contributed by atoms with E-state index in [-0.39, 0.29) is 0 Å². The minimum Gasteiger partial charge on any atom is -0.0848 e. The Hall–Kier alpha value is -0.0431. The van der Waals surface area contributed by atoms with Gasteiger partial charge in [0.25, 0.3) is 0 Å². The molecule has 0 nitrogen and oxygen atoms in total. The third-order valence-corrected chi connectivity index (χ3v) is 9.42. The maximum Gasteiger partial charge on any atom is 0.0513 e. The van der Waals surface area contributed by atoms with Crippen LogP contribution in [-0.4, -0.2) is 8.07 Å². The van der Waals surface area contributed by atoms with Gasteiger partial charge in [-0.3, -0.25) is 0 Å². The molecule has 3 rings (SSSR count). The standard InChI is InChI=1S/C12H20Si/c1-13(7-2-8-13)10-12-5-3-11(9-12)4-6-12/h3,5,11H,2,4,6-10H2,1H3. The number of hydrogen-bond donors (Lipinski definition) is 0. The fraction of sp³-hybridized carbons (Fsp3) is 0.833. The first kappa shape index (κ1) is 8.28. The van der Waals surface area contributed by atoms with Crippen LogP contribution in [0.15, 0.2) is 12.2 Å². The van der Waals surface area contributed by atoms with Crippen molar-refractivity contribution in [2.45, 2.75) is 50.4 Å². The molecule has 1 saturated carbocycles. The van der Waals surface area contributed by atoms with Crippen LogP contribution in [-0.2, 0) is 0 Å². The van der Waals surface area contributed by atoms with Gasteiger partial charge in [-0.1, -0.05) is 37.2 Å². The maximum atomic E-state index is 2.64. The van der Waals surface area contributed by atoms with Gasteiger partial charge >= 0.3 is 0 Å². The van der Waals surface area contributed by atoms with Crippen LogP contribution in [0.25, 0.3) is 0 Å². The van der Waals surface area contributed by atoms with E-state index in [1.165, 1.54) is 19.3 Å². The van der Waals surface area contributed by atoms with Crippen molar-refractivity contribution in [3.8, 4) is 0 Å². The van der Waals surface area contributed by atoms with E-state index in [1.54, 1.807) is 24.6 Å². The van der Waals surface area contributed by atoms with E-state index in [1.807, 2.05) is 0 Å². The van der Waals surface area contributed by atoms with Crippen molar-refractivity contribution in [1.82, 2.24) is 0 Å². The average molecular weight is 192 g/mol. The fourth-order valence-corrected chi connectivity index (χ4v) is 7.93. The minimum atomic E-state index is -0.680. The molecule has 0 aromatic heterocycles. The van der Waals surface area contributed by atoms with Gasteiger partial charge in [0.1, 0.15) is 0 Å². The largest absolute Gasteiger partial charge is 0.0848 e. The summed E-state index contributed by atoms with van der Waals surface area (Å²) >= 11 is 0. The first-order valence-corrected chi connectivity index (χ1v) is 9.01. The summed E-state index contributed by atoms with van der Waals surface area (Å²) in [6.45, 7) is 2.64. The lowest BCUT2D eigenvalue weighted by molar-refractivity contribution is 0.441. The molecule has 2 bridgehead atoms. The van der Waals surface area contributed by atoms with Gasteiger partial charge in [-0.05, 0) is 36.6 Å². The van der Waals surface area contributed by atoms with Crippen LogP contribution in [0.5, 0.6) is 0 Å². The van der Waals surface area contributed by atoms with Gasteiger partial charge in [0.05, 0.1) is 8.07 Å². The van der Waals surface area contributed by atoms with E-state index in [0.29, 0.717) is 0 Å². The number of rotatable bonds is 2. The number of fused-ring (bicyclic) bond motifs is 2. The Morgan fingerprint density at radius 3 is 2.69 bits per heavy atom. The third-order valence-electron chi connectivity index (χ3n) is 4.74. The molecule has 2 unspecified atom stereocenters. The van der Waals surface area contributed by atoms with Crippen molar-refractivity contribution in [2.75, 3.05) is 0 Å². The first-order chi connectivity index (χ1) is 6.20. The van der Waals surface area contributed by atoms with Crippen LogP contribution >= 0.6 is 0 Å². The molecular weight excluding hydrogens is 172 g/mol. The zero-order valence-corrected chi connectivity index (χ0v) is 9.68. The highest BCUT2D eigenvalue weighted by molar-refractivity contribution is 6.81. The van der Waals surface area contributed by atoms with Crippen LogP contribution in [0, 0.1) is 11.3 Å². The molecule has 0 aromatic rings. The van der Waals surface area contributed by atoms with E-state index in [2.05, 4.69) is 18.7 Å². The molecular formula is C12H20Si. The molecule has 1 heterocycles. The summed E-state index contributed by atoms with van der Waals surface area (Å²) in [6.07, 6.45) is 11.2. The quantitative estimate of drug-likeness (QED) is 0.461. The fourth-order valence-electron chi connectivity index (χ4n) is 3.88. The molecule has 0 radical (unpaired) electrons. The van der Waals surface area contributed by atoms with Crippen LogP contribution in [0.1, 0.15) is 25.7 Å². The lowest BCUT2D eigenvalue weighted by atomic mass is 9.90. The van der Waals surface area contributed by atoms with E-state index >= 15 is 0 Å². The summed E-state index contributed by atoms with van der Waals surface area (Å²) in [7, 11) is -0.680. The second-order valence-electron chi connectivity index (χ2n) is 6.07. The highest BCUT2D eigenvalue weighted by Crippen LogP contribution is 2.56. The Balaban J connectivity index is 1.75. The van der Waals surface area contributed by atoms with Crippen LogP contribution in [0.4, 0.5) is 0 Å². The maximum absolute atomic E-state index is 2.64. The topological polar surface area (TPSA) is 0 Å². The highest BCUT2D eigenvalue weighted by Gasteiger charge is 2.47. The minimum absolute atomic E-state index is 0.680. The Kier molecular flexibility index (Phi) is 1.59. The first-order valence-electron chi connectivity index (χ1n) is 5.89. The van der Waals surface area contributed by atoms with Gasteiger partial charge in [-0.25, -0.2) is 0 Å². The second-order valence-corrected chi connectivity index (χ2v) is 11.0. The number of allylic oxidation sites excluding steroid dienone is 2. The van der Waals surface area contributed by atoms with Gasteiger partial charge in [0.2, 0.25) is 0 Å². The molecule has 0 N–H and O–H groups in total. The smallest absolute Gasteiger partial charge is 0.0513 e. The molecule has 0 spiro atoms. The van der Waals surface area contributed by atoms with Gasteiger partial charge in [-0.15, -0.1) is 0 Å². The van der Waals surface area contributed by atoms with Crippen molar-refractivity contribution in [3.05, 3.63) is 12.2 Å². The molecule has 13 heavy (non-hydrogen) atoms. The molecule has 3 aliphatic rings. The zero-order chi connectivity index (χ0) is 8.94. The predicted molar refractivity (Wildman–Crippen MR) is 59.6 cm³/mol. The summed E-state index contributed by atoms with van der Waals surface area (Å²) in [5.74, 6) is 0.984. The van der Waals surface area contributed by atoms with Crippen molar-refractivity contribution >= 4 is 8.07 Å². The van der Waals surface area contributed by atoms with Gasteiger partial charge in [0.15, 0.2) is 0 Å². The highest BCUT2D eigenvalue weighted by atomic mass is 28.3. The van der Waals surface area contributed by atoms with Gasteiger partial charge < -0.3 is 0 Å². The van der Waals surface area contributed by atoms with Crippen molar-refractivity contribution in [1.29, 1.82) is 0 Å². The third kappa shape index (κ3) is 1.24. The van der Waals surface area contributed by atoms with Crippen LogP contribution in [0.3, 0.4) is 0 Å². The summed E-state index contributed by atoms with van der Waals surface area (Å²) < 4.78 is 0. The monoisotopic (exact) mass is 192 g/mol. The molecule has 2 fully saturated rings. The van der Waals surface area contributed by atoms with E-state index < -0.39 is 8.07 Å². The molecule has 2 atom stereocenters. The van der Waals surface area contributed by atoms with Crippen molar-refractivity contribution < 1.29 is 0 Å². The molecule has 1 heteroatoms. The van der Waals surface area contributed by atoms with Gasteiger partial charge in [-0.2, -0.15) is 0 Å².